The largest absolute Gasteiger partial charge is 0.508 e. The van der Waals surface area contributed by atoms with Crippen LogP contribution in [0.5, 0.6) is 5.75 Å². The van der Waals surface area contributed by atoms with Gasteiger partial charge in [0, 0.05) is 11.6 Å². The van der Waals surface area contributed by atoms with Gasteiger partial charge in [-0.25, -0.2) is 4.39 Å². The predicted molar refractivity (Wildman–Crippen MR) is 45.4 cm³/mol. The summed E-state index contributed by atoms with van der Waals surface area (Å²) >= 11 is 0. The summed E-state index contributed by atoms with van der Waals surface area (Å²) in [5.74, 6) is -0.274. The minimum atomic E-state index is -0.347. The zero-order valence-corrected chi connectivity index (χ0v) is 7.13. The first-order valence-electron chi connectivity index (χ1n) is 3.77. The summed E-state index contributed by atoms with van der Waals surface area (Å²) < 4.78 is 13.0. The normalized spacial score (nSPS) is 13.0. The third kappa shape index (κ3) is 1.41. The Hall–Kier alpha value is -1.09. The molecule has 3 heteroatoms. The molecule has 1 rings (SSSR count). The molecule has 0 aliphatic rings. The highest BCUT2D eigenvalue weighted by molar-refractivity contribution is 5.41. The molecule has 0 saturated carbocycles. The molecule has 0 unspecified atom stereocenters. The van der Waals surface area contributed by atoms with Gasteiger partial charge in [0.1, 0.15) is 11.6 Å². The van der Waals surface area contributed by atoms with Gasteiger partial charge >= 0.3 is 0 Å². The van der Waals surface area contributed by atoms with E-state index < -0.39 is 0 Å². The van der Waals surface area contributed by atoms with Gasteiger partial charge < -0.3 is 10.8 Å². The fourth-order valence-corrected chi connectivity index (χ4v) is 1.26. The molecule has 1 aromatic carbocycles. The van der Waals surface area contributed by atoms with Crippen molar-refractivity contribution in [3.05, 3.63) is 29.1 Å². The predicted octanol–water partition coefficient (Wildman–Crippen LogP) is 1.86. The molecule has 66 valence electrons. The molecule has 0 spiro atoms. The lowest BCUT2D eigenvalue weighted by Crippen LogP contribution is -2.08. The molecule has 0 aliphatic heterocycles. The molecule has 3 N–H and O–H groups in total. The number of benzene rings is 1. The van der Waals surface area contributed by atoms with Crippen molar-refractivity contribution in [2.45, 2.75) is 19.9 Å². The minimum Gasteiger partial charge on any atom is -0.508 e. The Morgan fingerprint density at radius 1 is 1.50 bits per heavy atom. The second-order valence-corrected chi connectivity index (χ2v) is 2.89. The first-order chi connectivity index (χ1) is 5.54. The van der Waals surface area contributed by atoms with Crippen LogP contribution >= 0.6 is 0 Å². The van der Waals surface area contributed by atoms with Crippen molar-refractivity contribution < 1.29 is 9.50 Å². The van der Waals surface area contributed by atoms with Crippen molar-refractivity contribution in [1.82, 2.24) is 0 Å². The molecule has 0 saturated heterocycles. The van der Waals surface area contributed by atoms with Gasteiger partial charge in [-0.3, -0.25) is 0 Å². The van der Waals surface area contributed by atoms with Crippen molar-refractivity contribution in [3.63, 3.8) is 0 Å². The third-order valence-corrected chi connectivity index (χ3v) is 1.88. The summed E-state index contributed by atoms with van der Waals surface area (Å²) in [6.07, 6.45) is 0. The average molecular weight is 169 g/mol. The second kappa shape index (κ2) is 3.11. The van der Waals surface area contributed by atoms with Crippen LogP contribution in [0.2, 0.25) is 0 Å². The Labute approximate surface area is 70.8 Å². The number of phenolic OH excluding ortho intramolecular Hbond substituents is 1. The van der Waals surface area contributed by atoms with Crippen LogP contribution in [0.25, 0.3) is 0 Å². The van der Waals surface area contributed by atoms with Crippen LogP contribution in [0.3, 0.4) is 0 Å². The Morgan fingerprint density at radius 3 is 2.50 bits per heavy atom. The first kappa shape index (κ1) is 9.00. The van der Waals surface area contributed by atoms with E-state index in [4.69, 9.17) is 5.73 Å². The van der Waals surface area contributed by atoms with Crippen LogP contribution < -0.4 is 5.73 Å². The highest BCUT2D eigenvalue weighted by Crippen LogP contribution is 2.27. The van der Waals surface area contributed by atoms with Crippen LogP contribution in [0.15, 0.2) is 12.1 Å². The highest BCUT2D eigenvalue weighted by Gasteiger charge is 2.12. The first-order valence-corrected chi connectivity index (χ1v) is 3.77. The van der Waals surface area contributed by atoms with E-state index in [1.807, 2.05) is 0 Å². The van der Waals surface area contributed by atoms with Crippen molar-refractivity contribution in [1.29, 1.82) is 0 Å². The smallest absolute Gasteiger partial charge is 0.126 e. The van der Waals surface area contributed by atoms with E-state index >= 15 is 0 Å². The Bertz CT molecular complexity index is 297. The van der Waals surface area contributed by atoms with Gasteiger partial charge in [0.2, 0.25) is 0 Å². The summed E-state index contributed by atoms with van der Waals surface area (Å²) in [6, 6.07) is 2.21. The monoisotopic (exact) mass is 169 g/mol. The minimum absolute atomic E-state index is 0.0592. The molecule has 0 bridgehead atoms. The summed E-state index contributed by atoms with van der Waals surface area (Å²) in [5.41, 5.74) is 6.46. The van der Waals surface area contributed by atoms with E-state index in [9.17, 15) is 9.50 Å². The van der Waals surface area contributed by atoms with Crippen LogP contribution in [0, 0.1) is 12.7 Å². The summed E-state index contributed by atoms with van der Waals surface area (Å²) in [4.78, 5) is 0. The number of aromatic hydroxyl groups is 1. The zero-order valence-electron chi connectivity index (χ0n) is 7.13. The molecule has 0 radical (unpaired) electrons. The highest BCUT2D eigenvalue weighted by atomic mass is 19.1. The van der Waals surface area contributed by atoms with E-state index in [1.54, 1.807) is 13.8 Å². The standard InChI is InChI=1S/C9H12FNO/c1-5-7(10)3-4-8(12)9(5)6(2)11/h3-4,6,12H,11H2,1-2H3/t6-/m1/s1. The van der Waals surface area contributed by atoms with Gasteiger partial charge in [-0.1, -0.05) is 0 Å². The van der Waals surface area contributed by atoms with Crippen LogP contribution in [0.4, 0.5) is 4.39 Å². The second-order valence-electron chi connectivity index (χ2n) is 2.89. The van der Waals surface area contributed by atoms with Crippen molar-refractivity contribution in [2.24, 2.45) is 5.73 Å². The van der Waals surface area contributed by atoms with Gasteiger partial charge in [0.15, 0.2) is 0 Å². The number of hydrogen-bond acceptors (Lipinski definition) is 2. The fourth-order valence-electron chi connectivity index (χ4n) is 1.26. The zero-order chi connectivity index (χ0) is 9.30. The number of nitrogens with two attached hydrogens (primary N) is 1. The topological polar surface area (TPSA) is 46.2 Å². The molecule has 1 atom stereocenters. The lowest BCUT2D eigenvalue weighted by molar-refractivity contribution is 0.459. The summed E-state index contributed by atoms with van der Waals surface area (Å²) in [5, 5.41) is 9.34. The van der Waals surface area contributed by atoms with Crippen LogP contribution in [0.1, 0.15) is 24.1 Å². The van der Waals surface area contributed by atoms with Gasteiger partial charge in [-0.05, 0) is 31.5 Å². The number of halogens is 1. The number of hydrogen-bond donors (Lipinski definition) is 2. The Kier molecular flexibility index (Phi) is 2.33. The third-order valence-electron chi connectivity index (χ3n) is 1.88. The van der Waals surface area contributed by atoms with Crippen molar-refractivity contribution >= 4 is 0 Å². The lowest BCUT2D eigenvalue weighted by Gasteiger charge is -2.11. The fraction of sp³-hybridized carbons (Fsp3) is 0.333. The Morgan fingerprint density at radius 2 is 2.08 bits per heavy atom. The van der Waals surface area contributed by atoms with Gasteiger partial charge in [0.05, 0.1) is 0 Å². The van der Waals surface area contributed by atoms with Gasteiger partial charge in [-0.2, -0.15) is 0 Å². The molecule has 0 aromatic heterocycles. The quantitative estimate of drug-likeness (QED) is 0.674. The molecule has 0 aliphatic carbocycles. The van der Waals surface area contributed by atoms with Crippen LogP contribution in [-0.2, 0) is 0 Å². The molecular weight excluding hydrogens is 157 g/mol. The van der Waals surface area contributed by atoms with E-state index in [0.29, 0.717) is 11.1 Å². The number of rotatable bonds is 1. The van der Waals surface area contributed by atoms with Crippen molar-refractivity contribution in [3.8, 4) is 5.75 Å². The van der Waals surface area contributed by atoms with E-state index in [2.05, 4.69) is 0 Å². The van der Waals surface area contributed by atoms with E-state index in [-0.39, 0.29) is 17.6 Å². The van der Waals surface area contributed by atoms with Gasteiger partial charge in [-0.15, -0.1) is 0 Å². The molecule has 0 amide bonds. The molecule has 0 heterocycles. The maximum atomic E-state index is 13.0. The maximum Gasteiger partial charge on any atom is 0.126 e. The molecular formula is C9H12FNO. The summed E-state index contributed by atoms with van der Waals surface area (Å²) in [7, 11) is 0. The molecule has 1 aromatic rings. The summed E-state index contributed by atoms with van der Waals surface area (Å²) in [6.45, 7) is 3.31. The Balaban J connectivity index is 3.33. The number of phenols is 1. The van der Waals surface area contributed by atoms with Crippen molar-refractivity contribution in [2.75, 3.05) is 0 Å². The van der Waals surface area contributed by atoms with Crippen LogP contribution in [-0.4, -0.2) is 5.11 Å². The van der Waals surface area contributed by atoms with E-state index in [0.717, 1.165) is 0 Å². The van der Waals surface area contributed by atoms with E-state index in [1.165, 1.54) is 12.1 Å². The average Bonchev–Trinajstić information content (AvgIpc) is 1.97. The maximum absolute atomic E-state index is 13.0. The van der Waals surface area contributed by atoms with Gasteiger partial charge in [0.25, 0.3) is 0 Å². The SMILES string of the molecule is Cc1c(F)ccc(O)c1[C@@H](C)N. The lowest BCUT2D eigenvalue weighted by atomic mass is 10.0. The molecule has 2 nitrogen and oxygen atoms in total. The molecule has 12 heavy (non-hydrogen) atoms. The molecule has 0 fully saturated rings.